The standard InChI is InChI=1S/C7H10IN/c1-3-7(8)5-4-6(2)9/h3-5H,1,9H2,2H3/b6-4+,7-5+. The van der Waals surface area contributed by atoms with Gasteiger partial charge in [0.15, 0.2) is 0 Å². The fourth-order valence-electron chi connectivity index (χ4n) is 0.279. The van der Waals surface area contributed by atoms with Crippen LogP contribution in [0.2, 0.25) is 0 Å². The zero-order valence-corrected chi connectivity index (χ0v) is 7.55. The molecule has 0 heterocycles. The number of rotatable bonds is 2. The maximum atomic E-state index is 5.37. The van der Waals surface area contributed by atoms with Crippen LogP contribution in [0.25, 0.3) is 0 Å². The zero-order chi connectivity index (χ0) is 7.28. The Morgan fingerprint density at radius 3 is 2.44 bits per heavy atom. The van der Waals surface area contributed by atoms with Crippen molar-refractivity contribution in [3.63, 3.8) is 0 Å². The molecular formula is C7H10IN. The van der Waals surface area contributed by atoms with Gasteiger partial charge in [0.25, 0.3) is 0 Å². The van der Waals surface area contributed by atoms with E-state index in [2.05, 4.69) is 29.2 Å². The quantitative estimate of drug-likeness (QED) is 0.577. The summed E-state index contributed by atoms with van der Waals surface area (Å²) in [5, 5.41) is 0. The molecule has 0 fully saturated rings. The van der Waals surface area contributed by atoms with E-state index in [0.29, 0.717) is 0 Å². The fraction of sp³-hybridized carbons (Fsp3) is 0.143. The van der Waals surface area contributed by atoms with Gasteiger partial charge in [0.2, 0.25) is 0 Å². The molecule has 0 unspecified atom stereocenters. The molecule has 0 aliphatic carbocycles. The Morgan fingerprint density at radius 1 is 1.56 bits per heavy atom. The Bertz CT molecular complexity index is 152. The van der Waals surface area contributed by atoms with Crippen LogP contribution >= 0.6 is 22.6 Å². The topological polar surface area (TPSA) is 26.0 Å². The lowest BCUT2D eigenvalue weighted by atomic mass is 10.4. The average molecular weight is 235 g/mol. The lowest BCUT2D eigenvalue weighted by Gasteiger charge is -1.85. The van der Waals surface area contributed by atoms with Gasteiger partial charge >= 0.3 is 0 Å². The van der Waals surface area contributed by atoms with Crippen LogP contribution in [0.15, 0.2) is 34.1 Å². The SMILES string of the molecule is C=C/C(I)=C\C=C(/C)N. The van der Waals surface area contributed by atoms with Gasteiger partial charge in [0.1, 0.15) is 0 Å². The molecule has 2 heteroatoms. The lowest BCUT2D eigenvalue weighted by Crippen LogP contribution is -1.87. The second-order valence-corrected chi connectivity index (χ2v) is 2.91. The first-order valence-corrected chi connectivity index (χ1v) is 3.66. The molecule has 0 amide bonds. The normalized spacial score (nSPS) is 13.6. The molecule has 0 aliphatic heterocycles. The van der Waals surface area contributed by atoms with Crippen molar-refractivity contribution in [1.82, 2.24) is 0 Å². The Kier molecular flexibility index (Phi) is 4.48. The predicted octanol–water partition coefficient (Wildman–Crippen LogP) is 2.35. The van der Waals surface area contributed by atoms with E-state index in [-0.39, 0.29) is 0 Å². The number of halogens is 1. The van der Waals surface area contributed by atoms with Crippen molar-refractivity contribution in [2.45, 2.75) is 6.92 Å². The Labute approximate surface area is 69.5 Å². The molecule has 0 aromatic rings. The van der Waals surface area contributed by atoms with E-state index in [9.17, 15) is 0 Å². The lowest BCUT2D eigenvalue weighted by molar-refractivity contribution is 1.32. The Balaban J connectivity index is 3.98. The summed E-state index contributed by atoms with van der Waals surface area (Å²) in [6.45, 7) is 5.44. The second-order valence-electron chi connectivity index (χ2n) is 1.67. The molecule has 1 nitrogen and oxygen atoms in total. The smallest absolute Gasteiger partial charge is 0.0125 e. The predicted molar refractivity (Wildman–Crippen MR) is 50.2 cm³/mol. The van der Waals surface area contributed by atoms with Crippen molar-refractivity contribution in [2.75, 3.05) is 0 Å². The highest BCUT2D eigenvalue weighted by Crippen LogP contribution is 2.05. The minimum atomic E-state index is 0.811. The van der Waals surface area contributed by atoms with E-state index >= 15 is 0 Å². The Morgan fingerprint density at radius 2 is 2.11 bits per heavy atom. The van der Waals surface area contributed by atoms with Crippen LogP contribution in [0.3, 0.4) is 0 Å². The average Bonchev–Trinajstić information content (AvgIpc) is 1.83. The summed E-state index contributed by atoms with van der Waals surface area (Å²) in [6.07, 6.45) is 5.55. The molecule has 0 saturated carbocycles. The second kappa shape index (κ2) is 4.61. The number of nitrogens with two attached hydrogens (primary N) is 1. The summed E-state index contributed by atoms with van der Waals surface area (Å²) in [7, 11) is 0. The molecule has 0 rings (SSSR count). The number of allylic oxidation sites excluding steroid dienone is 5. The van der Waals surface area contributed by atoms with E-state index < -0.39 is 0 Å². The highest BCUT2D eigenvalue weighted by atomic mass is 127. The first kappa shape index (κ1) is 8.75. The van der Waals surface area contributed by atoms with E-state index in [1.165, 1.54) is 0 Å². The van der Waals surface area contributed by atoms with Crippen molar-refractivity contribution in [3.8, 4) is 0 Å². The molecule has 0 radical (unpaired) electrons. The molecule has 0 aliphatic rings. The van der Waals surface area contributed by atoms with Gasteiger partial charge in [-0.25, -0.2) is 0 Å². The largest absolute Gasteiger partial charge is 0.402 e. The number of hydrogen-bond donors (Lipinski definition) is 1. The summed E-state index contributed by atoms with van der Waals surface area (Å²) in [6, 6.07) is 0. The molecule has 0 aromatic carbocycles. The van der Waals surface area contributed by atoms with Crippen molar-refractivity contribution >= 4 is 22.6 Å². The van der Waals surface area contributed by atoms with Crippen LogP contribution in [0.1, 0.15) is 6.92 Å². The zero-order valence-electron chi connectivity index (χ0n) is 5.39. The van der Waals surface area contributed by atoms with Crippen LogP contribution in [-0.2, 0) is 0 Å². The first-order valence-electron chi connectivity index (χ1n) is 2.59. The van der Waals surface area contributed by atoms with Gasteiger partial charge in [0, 0.05) is 9.28 Å². The number of hydrogen-bond acceptors (Lipinski definition) is 1. The van der Waals surface area contributed by atoms with Gasteiger partial charge in [-0.2, -0.15) is 0 Å². The van der Waals surface area contributed by atoms with E-state index in [0.717, 1.165) is 9.28 Å². The van der Waals surface area contributed by atoms with E-state index in [1.54, 1.807) is 6.08 Å². The Hall–Kier alpha value is -0.250. The molecule has 2 N–H and O–H groups in total. The molecule has 0 aromatic heterocycles. The van der Waals surface area contributed by atoms with Crippen molar-refractivity contribution in [2.24, 2.45) is 5.73 Å². The summed E-state index contributed by atoms with van der Waals surface area (Å²) < 4.78 is 1.09. The van der Waals surface area contributed by atoms with Gasteiger partial charge < -0.3 is 5.73 Å². The maximum Gasteiger partial charge on any atom is 0.0125 e. The maximum absolute atomic E-state index is 5.37. The van der Waals surface area contributed by atoms with Crippen LogP contribution in [0.5, 0.6) is 0 Å². The van der Waals surface area contributed by atoms with Gasteiger partial charge in [-0.05, 0) is 41.7 Å². The first-order chi connectivity index (χ1) is 4.16. The van der Waals surface area contributed by atoms with Gasteiger partial charge in [-0.3, -0.25) is 0 Å². The van der Waals surface area contributed by atoms with Crippen LogP contribution < -0.4 is 5.73 Å². The van der Waals surface area contributed by atoms with Crippen molar-refractivity contribution in [3.05, 3.63) is 34.1 Å². The molecular weight excluding hydrogens is 225 g/mol. The van der Waals surface area contributed by atoms with Crippen molar-refractivity contribution < 1.29 is 0 Å². The highest BCUT2D eigenvalue weighted by Gasteiger charge is 1.76. The van der Waals surface area contributed by atoms with Gasteiger partial charge in [-0.15, -0.1) is 0 Å². The van der Waals surface area contributed by atoms with Gasteiger partial charge in [0.05, 0.1) is 0 Å². The molecule has 50 valence electrons. The summed E-state index contributed by atoms with van der Waals surface area (Å²) in [4.78, 5) is 0. The molecule has 9 heavy (non-hydrogen) atoms. The summed E-state index contributed by atoms with van der Waals surface area (Å²) in [5.41, 5.74) is 6.19. The summed E-state index contributed by atoms with van der Waals surface area (Å²) >= 11 is 2.18. The minimum absolute atomic E-state index is 0.811. The minimum Gasteiger partial charge on any atom is -0.402 e. The van der Waals surface area contributed by atoms with Gasteiger partial charge in [-0.1, -0.05) is 12.7 Å². The highest BCUT2D eigenvalue weighted by molar-refractivity contribution is 14.1. The van der Waals surface area contributed by atoms with E-state index in [4.69, 9.17) is 5.73 Å². The van der Waals surface area contributed by atoms with Crippen LogP contribution in [-0.4, -0.2) is 0 Å². The molecule has 0 spiro atoms. The third-order valence-electron chi connectivity index (χ3n) is 0.700. The van der Waals surface area contributed by atoms with E-state index in [1.807, 2.05) is 19.1 Å². The fourth-order valence-corrected chi connectivity index (χ4v) is 0.459. The van der Waals surface area contributed by atoms with Crippen LogP contribution in [0.4, 0.5) is 0 Å². The van der Waals surface area contributed by atoms with Crippen LogP contribution in [0, 0.1) is 0 Å². The monoisotopic (exact) mass is 235 g/mol. The molecule has 0 bridgehead atoms. The molecule has 0 atom stereocenters. The van der Waals surface area contributed by atoms with Crippen molar-refractivity contribution in [1.29, 1.82) is 0 Å². The third kappa shape index (κ3) is 5.62. The molecule has 0 saturated heterocycles. The summed E-state index contributed by atoms with van der Waals surface area (Å²) in [5.74, 6) is 0. The third-order valence-corrected chi connectivity index (χ3v) is 1.50.